The van der Waals surface area contributed by atoms with Crippen molar-refractivity contribution in [1.29, 1.82) is 0 Å². The third-order valence-electron chi connectivity index (χ3n) is 2.81. The van der Waals surface area contributed by atoms with Crippen LogP contribution in [0.1, 0.15) is 27.2 Å². The van der Waals surface area contributed by atoms with Crippen LogP contribution in [0.25, 0.3) is 0 Å². The van der Waals surface area contributed by atoms with E-state index in [0.29, 0.717) is 18.8 Å². The van der Waals surface area contributed by atoms with Gasteiger partial charge >= 0.3 is 0 Å². The third kappa shape index (κ3) is 5.38. The Balaban J connectivity index is 2.60. The first-order valence-corrected chi connectivity index (χ1v) is 8.49. The zero-order chi connectivity index (χ0) is 15.0. The molecule has 6 heteroatoms. The van der Waals surface area contributed by atoms with Crippen molar-refractivity contribution < 1.29 is 13.2 Å². The largest absolute Gasteiger partial charge is 0.494 e. The number of hydrogen-bond acceptors (Lipinski definition) is 4. The van der Waals surface area contributed by atoms with Gasteiger partial charge in [-0.25, -0.2) is 8.42 Å². The lowest BCUT2D eigenvalue weighted by Crippen LogP contribution is -2.35. The second-order valence-corrected chi connectivity index (χ2v) is 6.72. The van der Waals surface area contributed by atoms with Crippen LogP contribution in [-0.4, -0.2) is 33.4 Å². The van der Waals surface area contributed by atoms with Gasteiger partial charge in [0, 0.05) is 12.2 Å². The Hall–Kier alpha value is -1.27. The first kappa shape index (κ1) is 16.8. The molecule has 0 aliphatic rings. The van der Waals surface area contributed by atoms with Crippen molar-refractivity contribution in [3.05, 3.63) is 24.3 Å². The second kappa shape index (κ2) is 8.11. The Morgan fingerprint density at radius 2 is 1.85 bits per heavy atom. The fourth-order valence-corrected chi connectivity index (χ4v) is 2.65. The Bertz CT molecular complexity index is 486. The zero-order valence-corrected chi connectivity index (χ0v) is 13.2. The molecule has 0 saturated carbocycles. The van der Waals surface area contributed by atoms with Gasteiger partial charge in [0.05, 0.1) is 11.9 Å². The van der Waals surface area contributed by atoms with Crippen molar-refractivity contribution in [1.82, 2.24) is 5.32 Å². The Morgan fingerprint density at radius 1 is 1.20 bits per heavy atom. The number of hydrogen-bond donors (Lipinski definition) is 2. The van der Waals surface area contributed by atoms with E-state index in [4.69, 9.17) is 4.74 Å². The van der Waals surface area contributed by atoms with Gasteiger partial charge in [-0.2, -0.15) is 0 Å². The van der Waals surface area contributed by atoms with Gasteiger partial charge in [0.25, 0.3) is 0 Å². The minimum atomic E-state index is -3.37. The molecule has 0 spiro atoms. The Kier molecular flexibility index (Phi) is 6.81. The first-order valence-electron chi connectivity index (χ1n) is 6.94. The maximum Gasteiger partial charge on any atom is 0.236 e. The van der Waals surface area contributed by atoms with E-state index in [1.54, 1.807) is 31.2 Å². The molecule has 114 valence electrons. The number of benzene rings is 1. The summed E-state index contributed by atoms with van der Waals surface area (Å²) in [6, 6.07) is 6.91. The van der Waals surface area contributed by atoms with Crippen LogP contribution < -0.4 is 14.8 Å². The summed E-state index contributed by atoms with van der Waals surface area (Å²) < 4.78 is 32.2. The molecule has 0 aromatic heterocycles. The van der Waals surface area contributed by atoms with E-state index in [1.807, 2.05) is 13.8 Å². The van der Waals surface area contributed by atoms with Crippen LogP contribution in [0.5, 0.6) is 5.75 Å². The quantitative estimate of drug-likeness (QED) is 0.686. The van der Waals surface area contributed by atoms with E-state index in [1.165, 1.54) is 0 Å². The highest BCUT2D eigenvalue weighted by molar-refractivity contribution is 7.93. The van der Waals surface area contributed by atoms with Gasteiger partial charge in [-0.05, 0) is 51.1 Å². The van der Waals surface area contributed by atoms with Crippen molar-refractivity contribution in [2.75, 3.05) is 24.4 Å². The van der Waals surface area contributed by atoms with Crippen LogP contribution in [0, 0.1) is 0 Å². The molecule has 0 aliphatic heterocycles. The van der Waals surface area contributed by atoms with Gasteiger partial charge in [-0.15, -0.1) is 0 Å². The lowest BCUT2D eigenvalue weighted by molar-refractivity contribution is 0.340. The maximum absolute atomic E-state index is 12.1. The molecule has 0 radical (unpaired) electrons. The standard InChI is InChI=1S/C14H24N2O3S/c1-4-10-15-11-12(3)20(17,18)16-13-6-8-14(9-7-13)19-5-2/h6-9,12,15-16H,4-5,10-11H2,1-3H3. The minimum absolute atomic E-state index is 0.445. The smallest absolute Gasteiger partial charge is 0.236 e. The lowest BCUT2D eigenvalue weighted by Gasteiger charge is -2.15. The van der Waals surface area contributed by atoms with Crippen LogP contribution in [0.3, 0.4) is 0 Å². The second-order valence-electron chi connectivity index (χ2n) is 4.62. The molecular formula is C14H24N2O3S. The van der Waals surface area contributed by atoms with Gasteiger partial charge in [0.15, 0.2) is 0 Å². The van der Waals surface area contributed by atoms with Crippen molar-refractivity contribution in [2.24, 2.45) is 0 Å². The average molecular weight is 300 g/mol. The summed E-state index contributed by atoms with van der Waals surface area (Å²) in [6.07, 6.45) is 0.985. The van der Waals surface area contributed by atoms with Crippen LogP contribution >= 0.6 is 0 Å². The summed E-state index contributed by atoms with van der Waals surface area (Å²) in [5, 5.41) is 2.63. The predicted molar refractivity (Wildman–Crippen MR) is 82.8 cm³/mol. The number of rotatable bonds is 9. The van der Waals surface area contributed by atoms with E-state index in [0.717, 1.165) is 18.7 Å². The van der Waals surface area contributed by atoms with Crippen LogP contribution in [0.4, 0.5) is 5.69 Å². The molecule has 5 nitrogen and oxygen atoms in total. The Morgan fingerprint density at radius 3 is 2.40 bits per heavy atom. The molecule has 20 heavy (non-hydrogen) atoms. The molecule has 1 atom stereocenters. The molecule has 1 aromatic carbocycles. The van der Waals surface area contributed by atoms with Crippen molar-refractivity contribution >= 4 is 15.7 Å². The van der Waals surface area contributed by atoms with E-state index in [-0.39, 0.29) is 0 Å². The summed E-state index contributed by atoms with van der Waals surface area (Å²) in [6.45, 7) is 7.50. The summed E-state index contributed by atoms with van der Waals surface area (Å²) in [5.41, 5.74) is 0.552. The lowest BCUT2D eigenvalue weighted by atomic mass is 10.3. The number of anilines is 1. The van der Waals surface area contributed by atoms with Crippen LogP contribution in [0.15, 0.2) is 24.3 Å². The fraction of sp³-hybridized carbons (Fsp3) is 0.571. The van der Waals surface area contributed by atoms with E-state index < -0.39 is 15.3 Å². The van der Waals surface area contributed by atoms with E-state index >= 15 is 0 Å². The van der Waals surface area contributed by atoms with Gasteiger partial charge in [0.2, 0.25) is 10.0 Å². The molecule has 1 unspecified atom stereocenters. The van der Waals surface area contributed by atoms with Crippen molar-refractivity contribution in [3.63, 3.8) is 0 Å². The molecule has 0 bridgehead atoms. The van der Waals surface area contributed by atoms with E-state index in [2.05, 4.69) is 10.0 Å². The normalized spacial score (nSPS) is 12.9. The third-order valence-corrected chi connectivity index (χ3v) is 4.56. The van der Waals surface area contributed by atoms with Gasteiger partial charge in [0.1, 0.15) is 5.75 Å². The molecule has 1 aromatic rings. The maximum atomic E-state index is 12.1. The molecule has 0 heterocycles. The van der Waals surface area contributed by atoms with Gasteiger partial charge in [-0.3, -0.25) is 4.72 Å². The first-order chi connectivity index (χ1) is 9.49. The molecule has 0 saturated heterocycles. The summed E-state index contributed by atoms with van der Waals surface area (Å²) >= 11 is 0. The van der Waals surface area contributed by atoms with Gasteiger partial charge < -0.3 is 10.1 Å². The number of ether oxygens (including phenoxy) is 1. The SMILES string of the molecule is CCCNCC(C)S(=O)(=O)Nc1ccc(OCC)cc1. The summed E-state index contributed by atoms with van der Waals surface area (Å²) in [7, 11) is -3.37. The van der Waals surface area contributed by atoms with Crippen LogP contribution in [0.2, 0.25) is 0 Å². The Labute approximate surface area is 121 Å². The molecule has 1 rings (SSSR count). The van der Waals surface area contributed by atoms with Gasteiger partial charge in [-0.1, -0.05) is 6.92 Å². The number of sulfonamides is 1. The van der Waals surface area contributed by atoms with E-state index in [9.17, 15) is 8.42 Å². The highest BCUT2D eigenvalue weighted by Crippen LogP contribution is 2.17. The molecular weight excluding hydrogens is 276 g/mol. The predicted octanol–water partition coefficient (Wildman–Crippen LogP) is 2.22. The van der Waals surface area contributed by atoms with Crippen molar-refractivity contribution in [2.45, 2.75) is 32.4 Å². The van der Waals surface area contributed by atoms with Crippen LogP contribution in [-0.2, 0) is 10.0 Å². The average Bonchev–Trinajstić information content (AvgIpc) is 2.41. The summed E-state index contributed by atoms with van der Waals surface area (Å²) in [4.78, 5) is 0. The molecule has 2 N–H and O–H groups in total. The molecule has 0 aliphatic carbocycles. The minimum Gasteiger partial charge on any atom is -0.494 e. The molecule has 0 fully saturated rings. The zero-order valence-electron chi connectivity index (χ0n) is 12.3. The van der Waals surface area contributed by atoms with Crippen molar-refractivity contribution in [3.8, 4) is 5.75 Å². The number of nitrogens with one attached hydrogen (secondary N) is 2. The highest BCUT2D eigenvalue weighted by atomic mass is 32.2. The monoisotopic (exact) mass is 300 g/mol. The topological polar surface area (TPSA) is 67.4 Å². The molecule has 0 amide bonds. The summed E-state index contributed by atoms with van der Waals surface area (Å²) in [5.74, 6) is 0.730. The fourth-order valence-electron chi connectivity index (χ4n) is 1.64. The highest BCUT2D eigenvalue weighted by Gasteiger charge is 2.20.